The molecule has 2 atom stereocenters. The van der Waals surface area contributed by atoms with E-state index in [1.165, 1.54) is 5.57 Å². The molecule has 5 heteroatoms. The molecule has 0 fully saturated rings. The molecule has 1 aromatic rings. The molecule has 5 nitrogen and oxygen atoms in total. The van der Waals surface area contributed by atoms with Gasteiger partial charge in [0.25, 0.3) is 5.91 Å². The molecule has 0 radical (unpaired) electrons. The third-order valence-corrected chi connectivity index (χ3v) is 6.80. The van der Waals surface area contributed by atoms with E-state index in [1.54, 1.807) is 19.1 Å². The molecule has 0 saturated carbocycles. The fourth-order valence-electron chi connectivity index (χ4n) is 4.60. The van der Waals surface area contributed by atoms with Crippen LogP contribution in [0.25, 0.3) is 5.57 Å². The summed E-state index contributed by atoms with van der Waals surface area (Å²) in [5.74, 6) is 0.105. The molecule has 2 unspecified atom stereocenters. The Labute approximate surface area is 218 Å². The SMILES string of the molecule is C=C/C=C(\C/C=C1/CC(c2ccc(C(=O)N(CC)CC)cc2)=CC(C)(CCNCC)OC1C)C(C)=O. The van der Waals surface area contributed by atoms with Gasteiger partial charge in [-0.25, -0.2) is 0 Å². The number of nitrogens with zero attached hydrogens (tertiary/aromatic N) is 1. The summed E-state index contributed by atoms with van der Waals surface area (Å²) in [7, 11) is 0. The molecule has 1 aliphatic rings. The van der Waals surface area contributed by atoms with Crippen molar-refractivity contribution in [3.63, 3.8) is 0 Å². The zero-order chi connectivity index (χ0) is 26.7. The van der Waals surface area contributed by atoms with Crippen LogP contribution < -0.4 is 5.32 Å². The van der Waals surface area contributed by atoms with Crippen LogP contribution in [0.1, 0.15) is 76.7 Å². The molecule has 1 amide bonds. The predicted octanol–water partition coefficient (Wildman–Crippen LogP) is 6.14. The second kappa shape index (κ2) is 14.1. The van der Waals surface area contributed by atoms with Gasteiger partial charge in [0.1, 0.15) is 0 Å². The van der Waals surface area contributed by atoms with Gasteiger partial charge in [0.15, 0.2) is 5.78 Å². The van der Waals surface area contributed by atoms with E-state index >= 15 is 0 Å². The van der Waals surface area contributed by atoms with Crippen LogP contribution in [0.5, 0.6) is 0 Å². The molecule has 0 bridgehead atoms. The van der Waals surface area contributed by atoms with Crippen molar-refractivity contribution >= 4 is 17.3 Å². The Morgan fingerprint density at radius 3 is 2.42 bits per heavy atom. The molecule has 0 saturated heterocycles. The number of carbonyl (C=O) groups excluding carboxylic acids is 2. The summed E-state index contributed by atoms with van der Waals surface area (Å²) in [6.07, 6.45) is 9.83. The number of carbonyl (C=O) groups is 2. The zero-order valence-electron chi connectivity index (χ0n) is 23.0. The molecule has 1 aliphatic heterocycles. The fraction of sp³-hybridized carbons (Fsp3) is 0.484. The number of ether oxygens (including phenoxy) is 1. The highest BCUT2D eigenvalue weighted by Crippen LogP contribution is 2.36. The summed E-state index contributed by atoms with van der Waals surface area (Å²) in [5, 5.41) is 3.41. The first-order valence-corrected chi connectivity index (χ1v) is 13.2. The van der Waals surface area contributed by atoms with E-state index < -0.39 is 5.60 Å². The molecular weight excluding hydrogens is 448 g/mol. The maximum atomic E-state index is 12.8. The van der Waals surface area contributed by atoms with Crippen LogP contribution in [0.2, 0.25) is 0 Å². The third-order valence-electron chi connectivity index (χ3n) is 6.80. The third kappa shape index (κ3) is 8.14. The van der Waals surface area contributed by atoms with Crippen molar-refractivity contribution in [2.24, 2.45) is 0 Å². The maximum absolute atomic E-state index is 12.8. The maximum Gasteiger partial charge on any atom is 0.253 e. The number of hydrogen-bond acceptors (Lipinski definition) is 4. The van der Waals surface area contributed by atoms with Crippen molar-refractivity contribution in [2.45, 2.75) is 72.5 Å². The molecule has 0 aromatic heterocycles. The minimum atomic E-state index is -0.442. The van der Waals surface area contributed by atoms with Gasteiger partial charge in [-0.1, -0.05) is 43.9 Å². The second-order valence-corrected chi connectivity index (χ2v) is 9.54. The minimum absolute atomic E-state index is 0.0497. The first kappa shape index (κ1) is 29.5. The zero-order valence-corrected chi connectivity index (χ0v) is 23.0. The Hall–Kier alpha value is -2.76. The van der Waals surface area contributed by atoms with Gasteiger partial charge in [-0.2, -0.15) is 0 Å². The van der Waals surface area contributed by atoms with Gasteiger partial charge in [-0.3, -0.25) is 9.59 Å². The van der Waals surface area contributed by atoms with Crippen LogP contribution in [-0.2, 0) is 9.53 Å². The normalized spacial score (nSPS) is 21.6. The van der Waals surface area contributed by atoms with Gasteiger partial charge in [-0.15, -0.1) is 0 Å². The van der Waals surface area contributed by atoms with Gasteiger partial charge in [0, 0.05) is 18.7 Å². The van der Waals surface area contributed by atoms with E-state index in [9.17, 15) is 9.59 Å². The number of rotatable bonds is 12. The smallest absolute Gasteiger partial charge is 0.253 e. The summed E-state index contributed by atoms with van der Waals surface area (Å²) in [6, 6.07) is 7.93. The largest absolute Gasteiger partial charge is 0.364 e. The lowest BCUT2D eigenvalue weighted by atomic mass is 9.91. The van der Waals surface area contributed by atoms with E-state index in [4.69, 9.17) is 4.74 Å². The molecule has 1 N–H and O–H groups in total. The number of benzene rings is 1. The van der Waals surface area contributed by atoms with E-state index in [-0.39, 0.29) is 17.8 Å². The van der Waals surface area contributed by atoms with Crippen LogP contribution >= 0.6 is 0 Å². The lowest BCUT2D eigenvalue weighted by Crippen LogP contribution is -2.34. The minimum Gasteiger partial charge on any atom is -0.364 e. The van der Waals surface area contributed by atoms with E-state index in [2.05, 4.69) is 44.8 Å². The average Bonchev–Trinajstić information content (AvgIpc) is 2.98. The number of hydrogen-bond donors (Lipinski definition) is 1. The van der Waals surface area contributed by atoms with Crippen LogP contribution in [0.15, 0.2) is 66.3 Å². The summed E-state index contributed by atoms with van der Waals surface area (Å²) in [4.78, 5) is 26.7. The topological polar surface area (TPSA) is 58.6 Å². The van der Waals surface area contributed by atoms with Crippen LogP contribution in [-0.4, -0.2) is 54.5 Å². The number of ketones is 1. The Kier molecular flexibility index (Phi) is 11.5. The Balaban J connectivity index is 2.43. The Morgan fingerprint density at radius 2 is 1.86 bits per heavy atom. The van der Waals surface area contributed by atoms with Crippen molar-refractivity contribution in [1.29, 1.82) is 0 Å². The van der Waals surface area contributed by atoms with Crippen LogP contribution in [0.3, 0.4) is 0 Å². The van der Waals surface area contributed by atoms with E-state index in [1.807, 2.05) is 43.0 Å². The van der Waals surface area contributed by atoms with Gasteiger partial charge >= 0.3 is 0 Å². The standard InChI is InChI=1S/C31H44N2O3/c1-8-12-25(23(5)34)13-18-28-21-29(22-31(7,36-24(28)6)19-20-32-9-2)26-14-16-27(17-15-26)30(35)33(10-3)11-4/h8,12,14-18,22,24,32H,1,9-11,13,19-21H2,2-7H3/b25-12+,28-18-. The highest BCUT2D eigenvalue weighted by molar-refractivity contribution is 5.95. The Morgan fingerprint density at radius 1 is 1.19 bits per heavy atom. The van der Waals surface area contributed by atoms with Gasteiger partial charge in [-0.05, 0) is 107 Å². The number of allylic oxidation sites excluding steroid dienone is 5. The number of amides is 1. The van der Waals surface area contributed by atoms with Crippen molar-refractivity contribution in [3.8, 4) is 0 Å². The summed E-state index contributed by atoms with van der Waals surface area (Å²) < 4.78 is 6.61. The average molecular weight is 493 g/mol. The number of nitrogens with one attached hydrogen (secondary N) is 1. The highest BCUT2D eigenvalue weighted by Gasteiger charge is 2.31. The molecular formula is C31H44N2O3. The van der Waals surface area contributed by atoms with Crippen molar-refractivity contribution in [1.82, 2.24) is 10.2 Å². The molecule has 1 heterocycles. The monoisotopic (exact) mass is 492 g/mol. The predicted molar refractivity (Wildman–Crippen MR) is 150 cm³/mol. The lowest BCUT2D eigenvalue weighted by molar-refractivity contribution is -0.113. The molecule has 36 heavy (non-hydrogen) atoms. The summed E-state index contributed by atoms with van der Waals surface area (Å²) in [6.45, 7) is 18.8. The first-order chi connectivity index (χ1) is 17.2. The molecule has 0 spiro atoms. The fourth-order valence-corrected chi connectivity index (χ4v) is 4.60. The molecule has 2 rings (SSSR count). The number of Topliss-reactive ketones (excluding diaryl/α,β-unsaturated/α-hetero) is 1. The van der Waals surface area contributed by atoms with Crippen molar-refractivity contribution in [3.05, 3.63) is 77.4 Å². The molecule has 0 aliphatic carbocycles. The quantitative estimate of drug-likeness (QED) is 0.165. The molecule has 1 aromatic carbocycles. The van der Waals surface area contributed by atoms with E-state index in [0.717, 1.165) is 42.6 Å². The summed E-state index contributed by atoms with van der Waals surface area (Å²) in [5.41, 5.74) is 4.39. The van der Waals surface area contributed by atoms with E-state index in [0.29, 0.717) is 25.1 Å². The Bertz CT molecular complexity index is 999. The second-order valence-electron chi connectivity index (χ2n) is 9.54. The van der Waals surface area contributed by atoms with Crippen LogP contribution in [0.4, 0.5) is 0 Å². The van der Waals surface area contributed by atoms with Gasteiger partial charge < -0.3 is 15.0 Å². The van der Waals surface area contributed by atoms with Gasteiger partial charge in [0.05, 0.1) is 11.7 Å². The van der Waals surface area contributed by atoms with Crippen LogP contribution in [0, 0.1) is 0 Å². The van der Waals surface area contributed by atoms with Crippen molar-refractivity contribution in [2.75, 3.05) is 26.2 Å². The highest BCUT2D eigenvalue weighted by atomic mass is 16.5. The molecule has 196 valence electrons. The summed E-state index contributed by atoms with van der Waals surface area (Å²) >= 11 is 0. The van der Waals surface area contributed by atoms with Gasteiger partial charge in [0.2, 0.25) is 0 Å². The lowest BCUT2D eigenvalue weighted by Gasteiger charge is -2.29. The first-order valence-electron chi connectivity index (χ1n) is 13.2. The van der Waals surface area contributed by atoms with Crippen molar-refractivity contribution < 1.29 is 14.3 Å².